The number of rotatable bonds is 3. The first-order valence-electron chi connectivity index (χ1n) is 3.39. The van der Waals surface area contributed by atoms with Crippen LogP contribution in [0.25, 0.3) is 0 Å². The molecule has 4 N–H and O–H groups in total. The molecule has 0 amide bonds. The summed E-state index contributed by atoms with van der Waals surface area (Å²) in [6.45, 7) is 5.94. The van der Waals surface area contributed by atoms with Crippen molar-refractivity contribution in [1.29, 1.82) is 10.8 Å². The smallest absolute Gasteiger partial charge is 0.137 e. The van der Waals surface area contributed by atoms with Crippen LogP contribution in [-0.4, -0.2) is 11.5 Å². The van der Waals surface area contributed by atoms with Gasteiger partial charge in [0.15, 0.2) is 0 Å². The van der Waals surface area contributed by atoms with Crippen molar-refractivity contribution in [2.75, 3.05) is 0 Å². The lowest BCUT2D eigenvalue weighted by Gasteiger charge is -2.14. The Morgan fingerprint density at radius 1 is 1.20 bits per heavy atom. The van der Waals surface area contributed by atoms with Crippen molar-refractivity contribution >= 4 is 11.5 Å². The van der Waals surface area contributed by atoms with Gasteiger partial charge < -0.3 is 11.1 Å². The Kier molecular flexibility index (Phi) is 3.06. The van der Waals surface area contributed by atoms with Gasteiger partial charge in [-0.1, -0.05) is 20.8 Å². The van der Waals surface area contributed by atoms with Gasteiger partial charge in [0, 0.05) is 5.92 Å². The van der Waals surface area contributed by atoms with E-state index in [-0.39, 0.29) is 17.5 Å². The molecule has 1 atom stereocenters. The highest BCUT2D eigenvalue weighted by atomic mass is 14.7. The Labute approximate surface area is 61.6 Å². The quantitative estimate of drug-likeness (QED) is 0.401. The number of nitrogens with one attached hydrogen (secondary N) is 2. The molecular formula is C7H15N3. The summed E-state index contributed by atoms with van der Waals surface area (Å²) in [7, 11) is 0. The Morgan fingerprint density at radius 2 is 1.60 bits per heavy atom. The van der Waals surface area contributed by atoms with Crippen molar-refractivity contribution in [3.05, 3.63) is 0 Å². The van der Waals surface area contributed by atoms with E-state index in [2.05, 4.69) is 0 Å². The van der Waals surface area contributed by atoms with Crippen molar-refractivity contribution < 1.29 is 0 Å². The Morgan fingerprint density at radius 3 is 1.70 bits per heavy atom. The average Bonchev–Trinajstić information content (AvgIpc) is 1.84. The molecule has 0 aromatic carbocycles. The molecule has 0 fully saturated rings. The monoisotopic (exact) mass is 141 g/mol. The van der Waals surface area contributed by atoms with Crippen molar-refractivity contribution in [1.82, 2.24) is 0 Å². The molecule has 0 heterocycles. The molecule has 58 valence electrons. The van der Waals surface area contributed by atoms with Gasteiger partial charge in [0.05, 0.1) is 5.71 Å². The molecule has 0 radical (unpaired) electrons. The molecule has 0 spiro atoms. The fourth-order valence-electron chi connectivity index (χ4n) is 0.579. The molecule has 0 aromatic heterocycles. The van der Waals surface area contributed by atoms with E-state index in [4.69, 9.17) is 16.6 Å². The van der Waals surface area contributed by atoms with Gasteiger partial charge in [-0.05, 0) is 5.92 Å². The fraction of sp³-hybridized carbons (Fsp3) is 0.714. The van der Waals surface area contributed by atoms with Crippen LogP contribution in [0.3, 0.4) is 0 Å². The lowest BCUT2D eigenvalue weighted by Crippen LogP contribution is -2.29. The van der Waals surface area contributed by atoms with Crippen molar-refractivity contribution in [2.24, 2.45) is 17.6 Å². The summed E-state index contributed by atoms with van der Waals surface area (Å²) in [5.41, 5.74) is 5.38. The molecule has 0 saturated heterocycles. The summed E-state index contributed by atoms with van der Waals surface area (Å²) in [4.78, 5) is 0. The molecule has 0 aliphatic rings. The molecule has 3 nitrogen and oxygen atoms in total. The zero-order chi connectivity index (χ0) is 8.31. The lowest BCUT2D eigenvalue weighted by atomic mass is 9.92. The zero-order valence-corrected chi connectivity index (χ0v) is 6.73. The summed E-state index contributed by atoms with van der Waals surface area (Å²) < 4.78 is 0. The van der Waals surface area contributed by atoms with Crippen LogP contribution in [0.4, 0.5) is 0 Å². The Hall–Kier alpha value is -0.860. The van der Waals surface area contributed by atoms with Crippen molar-refractivity contribution in [3.63, 3.8) is 0 Å². The number of hydrogen-bond acceptors (Lipinski definition) is 2. The van der Waals surface area contributed by atoms with Crippen LogP contribution in [0.5, 0.6) is 0 Å². The highest BCUT2D eigenvalue weighted by molar-refractivity contribution is 6.39. The maximum atomic E-state index is 7.33. The Balaban J connectivity index is 4.08. The first-order chi connectivity index (χ1) is 4.46. The lowest BCUT2D eigenvalue weighted by molar-refractivity contribution is 0.533. The highest BCUT2D eigenvalue weighted by Gasteiger charge is 2.14. The van der Waals surface area contributed by atoms with Gasteiger partial charge in [-0.3, -0.25) is 5.41 Å². The van der Waals surface area contributed by atoms with E-state index in [1.54, 1.807) is 0 Å². The van der Waals surface area contributed by atoms with Gasteiger partial charge in [-0.15, -0.1) is 0 Å². The number of nitrogens with two attached hydrogens (primary N) is 1. The maximum Gasteiger partial charge on any atom is 0.137 e. The molecule has 0 unspecified atom stereocenters. The van der Waals surface area contributed by atoms with E-state index in [1.807, 2.05) is 20.8 Å². The van der Waals surface area contributed by atoms with Gasteiger partial charge in [-0.2, -0.15) is 0 Å². The number of amidine groups is 1. The zero-order valence-electron chi connectivity index (χ0n) is 6.73. The molecule has 0 bridgehead atoms. The van der Waals surface area contributed by atoms with Crippen molar-refractivity contribution in [2.45, 2.75) is 20.8 Å². The summed E-state index contributed by atoms with van der Waals surface area (Å²) in [6.07, 6.45) is 0. The normalized spacial score (nSPS) is 13.2. The minimum Gasteiger partial charge on any atom is -0.383 e. The van der Waals surface area contributed by atoms with Crippen LogP contribution >= 0.6 is 0 Å². The van der Waals surface area contributed by atoms with E-state index in [0.29, 0.717) is 5.92 Å². The van der Waals surface area contributed by atoms with E-state index in [0.717, 1.165) is 0 Å². The van der Waals surface area contributed by atoms with Crippen LogP contribution in [0.1, 0.15) is 20.8 Å². The summed E-state index contributed by atoms with van der Waals surface area (Å²) in [6, 6.07) is 0. The van der Waals surface area contributed by atoms with Gasteiger partial charge in [0.2, 0.25) is 0 Å². The molecule has 0 saturated carbocycles. The second-order valence-electron chi connectivity index (χ2n) is 2.86. The molecular weight excluding hydrogens is 126 g/mol. The molecule has 0 aliphatic heterocycles. The summed E-state index contributed by atoms with van der Waals surface area (Å²) >= 11 is 0. The van der Waals surface area contributed by atoms with Crippen LogP contribution in [0.2, 0.25) is 0 Å². The van der Waals surface area contributed by atoms with Gasteiger partial charge in [0.1, 0.15) is 5.84 Å². The standard InChI is InChI=1S/C7H15N3/c1-4(2)5(3)6(8)7(9)10/h4-5,8H,1-3H3,(H3,9,10)/t5-/m0/s1. The summed E-state index contributed by atoms with van der Waals surface area (Å²) in [5.74, 6) is 0.370. The van der Waals surface area contributed by atoms with E-state index in [9.17, 15) is 0 Å². The van der Waals surface area contributed by atoms with Gasteiger partial charge in [0.25, 0.3) is 0 Å². The van der Waals surface area contributed by atoms with Gasteiger partial charge in [-0.25, -0.2) is 0 Å². The van der Waals surface area contributed by atoms with E-state index in [1.165, 1.54) is 0 Å². The minimum absolute atomic E-state index is 0.0949. The topological polar surface area (TPSA) is 73.7 Å². The summed E-state index contributed by atoms with van der Waals surface area (Å²) in [5, 5.41) is 14.3. The van der Waals surface area contributed by atoms with Gasteiger partial charge >= 0.3 is 0 Å². The first-order valence-corrected chi connectivity index (χ1v) is 3.39. The average molecular weight is 141 g/mol. The molecule has 10 heavy (non-hydrogen) atoms. The first kappa shape index (κ1) is 9.14. The largest absolute Gasteiger partial charge is 0.383 e. The second kappa shape index (κ2) is 3.34. The second-order valence-corrected chi connectivity index (χ2v) is 2.86. The molecule has 0 aromatic rings. The third-order valence-electron chi connectivity index (χ3n) is 1.75. The van der Waals surface area contributed by atoms with Crippen LogP contribution in [0, 0.1) is 22.7 Å². The fourth-order valence-corrected chi connectivity index (χ4v) is 0.579. The number of hydrogen-bond donors (Lipinski definition) is 3. The third kappa shape index (κ3) is 2.17. The SMILES string of the molecule is CC(C)[C@H](C)C(=N)C(=N)N. The molecule has 0 aliphatic carbocycles. The predicted octanol–water partition coefficient (Wildman–Crippen LogP) is 1.23. The van der Waals surface area contributed by atoms with E-state index >= 15 is 0 Å². The van der Waals surface area contributed by atoms with Crippen molar-refractivity contribution in [3.8, 4) is 0 Å². The van der Waals surface area contributed by atoms with Crippen LogP contribution in [-0.2, 0) is 0 Å². The van der Waals surface area contributed by atoms with E-state index < -0.39 is 0 Å². The predicted molar refractivity (Wildman–Crippen MR) is 43.6 cm³/mol. The Bertz CT molecular complexity index is 149. The van der Waals surface area contributed by atoms with Crippen LogP contribution < -0.4 is 5.73 Å². The van der Waals surface area contributed by atoms with Crippen LogP contribution in [0.15, 0.2) is 0 Å². The highest BCUT2D eigenvalue weighted by Crippen LogP contribution is 2.10. The maximum absolute atomic E-state index is 7.33. The molecule has 0 rings (SSSR count). The molecule has 3 heteroatoms. The minimum atomic E-state index is -0.110. The third-order valence-corrected chi connectivity index (χ3v) is 1.75.